The van der Waals surface area contributed by atoms with Crippen LogP contribution in [0.15, 0.2) is 23.2 Å². The van der Waals surface area contributed by atoms with Crippen LogP contribution < -0.4 is 11.1 Å². The van der Waals surface area contributed by atoms with E-state index in [9.17, 15) is 0 Å². The second-order valence-electron chi connectivity index (χ2n) is 6.79. The third-order valence-electron chi connectivity index (χ3n) is 5.02. The maximum Gasteiger partial charge on any atom is 0.193 e. The van der Waals surface area contributed by atoms with E-state index in [-0.39, 0.29) is 0 Å². The minimum Gasteiger partial charge on any atom is -0.370 e. The van der Waals surface area contributed by atoms with Crippen molar-refractivity contribution in [3.63, 3.8) is 0 Å². The molecule has 134 valence electrons. The molecule has 0 amide bonds. The molecule has 3 N–H and O–H groups in total. The summed E-state index contributed by atoms with van der Waals surface area (Å²) < 4.78 is 0. The predicted molar refractivity (Wildman–Crippen MR) is 105 cm³/mol. The molecule has 1 aliphatic heterocycles. The summed E-state index contributed by atoms with van der Waals surface area (Å²) in [4.78, 5) is 7.19. The largest absolute Gasteiger partial charge is 0.370 e. The standard InChI is InChI=1S/C20H34N4/c1-4-12-24-13-10-16(11-14-24)15-22-20(21)23-19-17(5-2)8-7-9-18(19)6-3/h7-9,16H,4-6,10-15H2,1-3H3,(H3,21,22,23). The molecule has 0 atom stereocenters. The molecule has 1 aromatic carbocycles. The second kappa shape index (κ2) is 9.67. The molecule has 4 nitrogen and oxygen atoms in total. The van der Waals surface area contributed by atoms with E-state index in [1.54, 1.807) is 0 Å². The molecule has 0 radical (unpaired) electrons. The Hall–Kier alpha value is -1.55. The van der Waals surface area contributed by atoms with Crippen molar-refractivity contribution >= 4 is 11.6 Å². The fourth-order valence-corrected chi connectivity index (χ4v) is 3.51. The van der Waals surface area contributed by atoms with E-state index < -0.39 is 0 Å². The Morgan fingerprint density at radius 3 is 2.33 bits per heavy atom. The fraction of sp³-hybridized carbons (Fsp3) is 0.650. The Morgan fingerprint density at radius 1 is 1.17 bits per heavy atom. The van der Waals surface area contributed by atoms with E-state index in [4.69, 9.17) is 5.73 Å². The Bertz CT molecular complexity index is 508. The number of piperidine rings is 1. The summed E-state index contributed by atoms with van der Waals surface area (Å²) >= 11 is 0. The summed E-state index contributed by atoms with van der Waals surface area (Å²) in [5, 5.41) is 3.37. The zero-order valence-corrected chi connectivity index (χ0v) is 15.6. The summed E-state index contributed by atoms with van der Waals surface area (Å²) in [5.74, 6) is 1.23. The summed E-state index contributed by atoms with van der Waals surface area (Å²) in [5.41, 5.74) is 9.94. The molecule has 1 saturated heterocycles. The lowest BCUT2D eigenvalue weighted by atomic mass is 9.97. The molecule has 0 saturated carbocycles. The van der Waals surface area contributed by atoms with Gasteiger partial charge >= 0.3 is 0 Å². The van der Waals surface area contributed by atoms with Crippen molar-refractivity contribution in [3.05, 3.63) is 29.3 Å². The number of benzene rings is 1. The van der Waals surface area contributed by atoms with E-state index in [1.807, 2.05) is 0 Å². The number of hydrogen-bond acceptors (Lipinski definition) is 2. The van der Waals surface area contributed by atoms with Gasteiger partial charge in [-0.3, -0.25) is 4.99 Å². The highest BCUT2D eigenvalue weighted by atomic mass is 15.1. The number of nitrogens with two attached hydrogens (primary N) is 1. The first-order valence-corrected chi connectivity index (χ1v) is 9.57. The molecule has 4 heteroatoms. The van der Waals surface area contributed by atoms with Gasteiger partial charge in [0.2, 0.25) is 0 Å². The van der Waals surface area contributed by atoms with Gasteiger partial charge < -0.3 is 16.0 Å². The van der Waals surface area contributed by atoms with Crippen molar-refractivity contribution in [2.45, 2.75) is 52.9 Å². The third kappa shape index (κ3) is 5.23. The van der Waals surface area contributed by atoms with Crippen molar-refractivity contribution in [2.24, 2.45) is 16.6 Å². The van der Waals surface area contributed by atoms with Crippen LogP contribution in [0.2, 0.25) is 0 Å². The van der Waals surface area contributed by atoms with Crippen LogP contribution in [0.4, 0.5) is 5.69 Å². The summed E-state index contributed by atoms with van der Waals surface area (Å²) in [6, 6.07) is 6.46. The Kier molecular flexibility index (Phi) is 7.57. The van der Waals surface area contributed by atoms with Crippen LogP contribution in [0.5, 0.6) is 0 Å². The summed E-state index contributed by atoms with van der Waals surface area (Å²) in [7, 11) is 0. The quantitative estimate of drug-likeness (QED) is 0.592. The first-order valence-electron chi connectivity index (χ1n) is 9.57. The zero-order valence-electron chi connectivity index (χ0n) is 15.6. The smallest absolute Gasteiger partial charge is 0.193 e. The van der Waals surface area contributed by atoms with Gasteiger partial charge in [0.15, 0.2) is 5.96 Å². The minimum absolute atomic E-state index is 0.557. The normalized spacial score (nSPS) is 17.2. The monoisotopic (exact) mass is 330 g/mol. The number of guanidine groups is 1. The predicted octanol–water partition coefficient (Wildman–Crippen LogP) is 3.66. The molecule has 1 aromatic rings. The van der Waals surface area contributed by atoms with Gasteiger partial charge in [0.1, 0.15) is 0 Å². The van der Waals surface area contributed by atoms with Crippen LogP contribution >= 0.6 is 0 Å². The van der Waals surface area contributed by atoms with Gasteiger partial charge in [-0.25, -0.2) is 0 Å². The molecule has 0 spiro atoms. The van der Waals surface area contributed by atoms with Gasteiger partial charge in [-0.15, -0.1) is 0 Å². The van der Waals surface area contributed by atoms with E-state index >= 15 is 0 Å². The highest BCUT2D eigenvalue weighted by molar-refractivity contribution is 5.93. The Morgan fingerprint density at radius 2 is 1.79 bits per heavy atom. The van der Waals surface area contributed by atoms with Gasteiger partial charge in [0.25, 0.3) is 0 Å². The zero-order chi connectivity index (χ0) is 17.4. The van der Waals surface area contributed by atoms with E-state index in [1.165, 1.54) is 50.0 Å². The van der Waals surface area contributed by atoms with E-state index in [0.717, 1.165) is 25.1 Å². The average molecular weight is 331 g/mol. The summed E-state index contributed by atoms with van der Waals surface area (Å²) in [6.45, 7) is 11.1. The highest BCUT2D eigenvalue weighted by Gasteiger charge is 2.18. The molecule has 1 fully saturated rings. The number of nitrogens with one attached hydrogen (secondary N) is 1. The molecule has 1 heterocycles. The Balaban J connectivity index is 1.91. The lowest BCUT2D eigenvalue weighted by molar-refractivity contribution is 0.188. The first-order chi connectivity index (χ1) is 11.7. The third-order valence-corrected chi connectivity index (χ3v) is 5.02. The van der Waals surface area contributed by atoms with Crippen molar-refractivity contribution in [1.82, 2.24) is 4.90 Å². The van der Waals surface area contributed by atoms with Crippen molar-refractivity contribution < 1.29 is 0 Å². The van der Waals surface area contributed by atoms with Crippen LogP contribution in [-0.4, -0.2) is 37.0 Å². The number of rotatable bonds is 7. The van der Waals surface area contributed by atoms with Gasteiger partial charge in [-0.2, -0.15) is 0 Å². The van der Waals surface area contributed by atoms with E-state index in [0.29, 0.717) is 11.9 Å². The number of hydrogen-bond donors (Lipinski definition) is 2. The maximum absolute atomic E-state index is 6.17. The highest BCUT2D eigenvalue weighted by Crippen LogP contribution is 2.22. The van der Waals surface area contributed by atoms with Gasteiger partial charge in [-0.05, 0) is 68.8 Å². The number of nitrogens with zero attached hydrogens (tertiary/aromatic N) is 2. The number of anilines is 1. The number of likely N-dealkylation sites (tertiary alicyclic amines) is 1. The van der Waals surface area contributed by atoms with Gasteiger partial charge in [0.05, 0.1) is 0 Å². The number of para-hydroxylation sites is 1. The average Bonchev–Trinajstić information content (AvgIpc) is 2.61. The van der Waals surface area contributed by atoms with Crippen molar-refractivity contribution in [3.8, 4) is 0 Å². The lowest BCUT2D eigenvalue weighted by Gasteiger charge is -2.30. The van der Waals surface area contributed by atoms with Crippen LogP contribution in [-0.2, 0) is 12.8 Å². The molecule has 0 bridgehead atoms. The van der Waals surface area contributed by atoms with Crippen molar-refractivity contribution in [2.75, 3.05) is 31.5 Å². The SMILES string of the molecule is CCCN1CCC(CN=C(N)Nc2c(CC)cccc2CC)CC1. The van der Waals surface area contributed by atoms with Crippen LogP contribution in [0.3, 0.4) is 0 Å². The molecule has 2 rings (SSSR count). The molecule has 0 aromatic heterocycles. The maximum atomic E-state index is 6.17. The fourth-order valence-electron chi connectivity index (χ4n) is 3.51. The number of aliphatic imine (C=N–C) groups is 1. The molecular weight excluding hydrogens is 296 g/mol. The van der Waals surface area contributed by atoms with Crippen LogP contribution in [0.1, 0.15) is 51.2 Å². The molecule has 0 unspecified atom stereocenters. The molecular formula is C20H34N4. The second-order valence-corrected chi connectivity index (χ2v) is 6.79. The molecule has 24 heavy (non-hydrogen) atoms. The molecule has 1 aliphatic rings. The summed E-state index contributed by atoms with van der Waals surface area (Å²) in [6.07, 6.45) is 5.72. The van der Waals surface area contributed by atoms with Crippen LogP contribution in [0, 0.1) is 5.92 Å². The lowest BCUT2D eigenvalue weighted by Crippen LogP contribution is -2.35. The van der Waals surface area contributed by atoms with Crippen LogP contribution in [0.25, 0.3) is 0 Å². The van der Waals surface area contributed by atoms with Gasteiger partial charge in [0, 0.05) is 12.2 Å². The van der Waals surface area contributed by atoms with Gasteiger partial charge in [-0.1, -0.05) is 39.0 Å². The minimum atomic E-state index is 0.557. The Labute approximate surface area is 147 Å². The van der Waals surface area contributed by atoms with E-state index in [2.05, 4.69) is 54.2 Å². The number of aryl methyl sites for hydroxylation is 2. The first kappa shape index (κ1) is 18.8. The van der Waals surface area contributed by atoms with Crippen molar-refractivity contribution in [1.29, 1.82) is 0 Å². The topological polar surface area (TPSA) is 53.6 Å². The molecule has 0 aliphatic carbocycles.